The topological polar surface area (TPSA) is 91.2 Å². The molecular weight excluding hydrogens is 418 g/mol. The van der Waals surface area contributed by atoms with Gasteiger partial charge in [-0.3, -0.25) is 4.79 Å². The van der Waals surface area contributed by atoms with E-state index in [1.807, 2.05) is 48.5 Å². The van der Waals surface area contributed by atoms with E-state index in [9.17, 15) is 4.79 Å². The minimum atomic E-state index is -0.131. The molecule has 0 aliphatic carbocycles. The molecule has 4 aromatic rings. The Balaban J connectivity index is 1.28. The number of fused-ring (bicyclic) bond motifs is 3. The van der Waals surface area contributed by atoms with Gasteiger partial charge in [0.05, 0.1) is 16.8 Å². The average Bonchev–Trinajstić information content (AvgIpc) is 3.48. The van der Waals surface area contributed by atoms with Crippen LogP contribution >= 0.6 is 0 Å². The molecule has 1 N–H and O–H groups in total. The highest BCUT2D eigenvalue weighted by atomic mass is 16.6. The van der Waals surface area contributed by atoms with E-state index in [2.05, 4.69) is 20.1 Å². The van der Waals surface area contributed by atoms with Gasteiger partial charge in [-0.15, -0.1) is 10.2 Å². The minimum absolute atomic E-state index is 0.131. The van der Waals surface area contributed by atoms with Crippen LogP contribution in [-0.4, -0.2) is 45.4 Å². The van der Waals surface area contributed by atoms with Crippen LogP contribution in [0.5, 0.6) is 11.5 Å². The van der Waals surface area contributed by atoms with Crippen LogP contribution in [0.25, 0.3) is 22.2 Å². The number of ether oxygens (including phenoxy) is 2. The highest BCUT2D eigenvalue weighted by Gasteiger charge is 2.19. The van der Waals surface area contributed by atoms with Gasteiger partial charge < -0.3 is 19.4 Å². The smallest absolute Gasteiger partial charge is 0.252 e. The van der Waals surface area contributed by atoms with Crippen LogP contribution in [0, 0.1) is 0 Å². The molecule has 4 heterocycles. The molecule has 0 bridgehead atoms. The number of benzene rings is 2. The van der Waals surface area contributed by atoms with Crippen molar-refractivity contribution in [2.24, 2.45) is 0 Å². The van der Waals surface area contributed by atoms with Gasteiger partial charge in [-0.25, -0.2) is 4.98 Å². The molecule has 8 heteroatoms. The zero-order valence-corrected chi connectivity index (χ0v) is 18.1. The second-order valence-corrected chi connectivity index (χ2v) is 8.22. The largest absolute Gasteiger partial charge is 0.486 e. The van der Waals surface area contributed by atoms with E-state index in [0.29, 0.717) is 43.2 Å². The van der Waals surface area contributed by atoms with Crippen molar-refractivity contribution in [3.8, 4) is 22.8 Å². The van der Waals surface area contributed by atoms with Gasteiger partial charge in [0.25, 0.3) is 5.91 Å². The summed E-state index contributed by atoms with van der Waals surface area (Å²) in [5.41, 5.74) is 2.95. The second-order valence-electron chi connectivity index (χ2n) is 8.22. The standard InChI is InChI=1S/C25H23N5O3/c31-25(26-10-9-24-29-28-23-6-3-11-30(23)24)18-15-20(27-19-5-2-1-4-17(18)19)16-7-8-21-22(14-16)33-13-12-32-21/h1-2,4-5,7-8,14-15H,3,6,9-13H2,(H,26,31). The highest BCUT2D eigenvalue weighted by molar-refractivity contribution is 6.07. The number of hydrogen-bond acceptors (Lipinski definition) is 6. The van der Waals surface area contributed by atoms with Gasteiger partial charge >= 0.3 is 0 Å². The number of aryl methyl sites for hydroxylation is 1. The van der Waals surface area contributed by atoms with Crippen molar-refractivity contribution in [2.75, 3.05) is 19.8 Å². The molecule has 0 saturated carbocycles. The fourth-order valence-corrected chi connectivity index (χ4v) is 4.49. The number of nitrogens with one attached hydrogen (secondary N) is 1. The zero-order valence-electron chi connectivity index (χ0n) is 18.1. The molecule has 166 valence electrons. The summed E-state index contributed by atoms with van der Waals surface area (Å²) in [5.74, 6) is 3.26. The molecule has 8 nitrogen and oxygen atoms in total. The predicted molar refractivity (Wildman–Crippen MR) is 123 cm³/mol. The molecule has 6 rings (SSSR count). The normalized spacial score (nSPS) is 14.3. The summed E-state index contributed by atoms with van der Waals surface area (Å²) < 4.78 is 13.5. The van der Waals surface area contributed by atoms with Crippen molar-refractivity contribution in [1.29, 1.82) is 0 Å². The number of para-hydroxylation sites is 1. The van der Waals surface area contributed by atoms with E-state index < -0.39 is 0 Å². The zero-order chi connectivity index (χ0) is 22.2. The quantitative estimate of drug-likeness (QED) is 0.512. The van der Waals surface area contributed by atoms with E-state index in [4.69, 9.17) is 14.5 Å². The molecule has 2 aliphatic heterocycles. The van der Waals surface area contributed by atoms with Gasteiger partial charge in [0, 0.05) is 36.9 Å². The molecule has 0 atom stereocenters. The summed E-state index contributed by atoms with van der Waals surface area (Å²) in [5, 5.41) is 12.4. The number of aromatic nitrogens is 4. The molecule has 0 spiro atoms. The number of rotatable bonds is 5. The van der Waals surface area contributed by atoms with E-state index in [1.165, 1.54) is 0 Å². The van der Waals surface area contributed by atoms with E-state index in [-0.39, 0.29) is 5.91 Å². The van der Waals surface area contributed by atoms with Crippen LogP contribution in [0.4, 0.5) is 0 Å². The molecule has 2 aromatic heterocycles. The molecule has 0 unspecified atom stereocenters. The number of hydrogen-bond donors (Lipinski definition) is 1. The molecule has 1 amide bonds. The van der Waals surface area contributed by atoms with Crippen molar-refractivity contribution in [1.82, 2.24) is 25.1 Å². The van der Waals surface area contributed by atoms with Crippen molar-refractivity contribution in [3.63, 3.8) is 0 Å². The first-order valence-corrected chi connectivity index (χ1v) is 11.3. The Morgan fingerprint density at radius 1 is 1.03 bits per heavy atom. The molecule has 2 aromatic carbocycles. The van der Waals surface area contributed by atoms with Gasteiger partial charge in [0.15, 0.2) is 11.5 Å². The van der Waals surface area contributed by atoms with Crippen molar-refractivity contribution in [3.05, 3.63) is 65.7 Å². The lowest BCUT2D eigenvalue weighted by Gasteiger charge is -2.19. The monoisotopic (exact) mass is 441 g/mol. The summed E-state index contributed by atoms with van der Waals surface area (Å²) in [6.07, 6.45) is 2.73. The first-order chi connectivity index (χ1) is 16.3. The lowest BCUT2D eigenvalue weighted by molar-refractivity contribution is 0.0955. The van der Waals surface area contributed by atoms with Crippen LogP contribution in [0.2, 0.25) is 0 Å². The van der Waals surface area contributed by atoms with Crippen molar-refractivity contribution >= 4 is 16.8 Å². The maximum Gasteiger partial charge on any atom is 0.252 e. The van der Waals surface area contributed by atoms with E-state index in [1.54, 1.807) is 0 Å². The second kappa shape index (κ2) is 8.20. The Bertz CT molecular complexity index is 1360. The summed E-state index contributed by atoms with van der Waals surface area (Å²) in [6.45, 7) is 2.51. The van der Waals surface area contributed by atoms with Crippen molar-refractivity contribution in [2.45, 2.75) is 25.8 Å². The molecule has 33 heavy (non-hydrogen) atoms. The lowest BCUT2D eigenvalue weighted by Crippen LogP contribution is -2.27. The molecule has 0 saturated heterocycles. The number of amides is 1. The maximum atomic E-state index is 13.2. The van der Waals surface area contributed by atoms with Crippen LogP contribution in [0.15, 0.2) is 48.5 Å². The number of carbonyl (C=O) groups is 1. The molecule has 0 fully saturated rings. The van der Waals surface area contributed by atoms with Crippen LogP contribution in [0.1, 0.15) is 28.4 Å². The SMILES string of the molecule is O=C(NCCc1nnc2n1CCC2)c1cc(-c2ccc3c(c2)OCCO3)nc2ccccc12. The van der Waals surface area contributed by atoms with E-state index >= 15 is 0 Å². The third kappa shape index (κ3) is 3.67. The molecule has 2 aliphatic rings. The fourth-order valence-electron chi connectivity index (χ4n) is 4.49. The number of carbonyl (C=O) groups excluding carboxylic acids is 1. The van der Waals surface area contributed by atoms with E-state index in [0.717, 1.165) is 53.3 Å². The lowest BCUT2D eigenvalue weighted by atomic mass is 10.0. The molecular formula is C25H23N5O3. The summed E-state index contributed by atoms with van der Waals surface area (Å²) in [4.78, 5) is 18.0. The third-order valence-electron chi connectivity index (χ3n) is 6.12. The van der Waals surface area contributed by atoms with Crippen LogP contribution in [-0.2, 0) is 19.4 Å². The first kappa shape index (κ1) is 19.7. The Labute approximate surface area is 190 Å². The van der Waals surface area contributed by atoms with Gasteiger partial charge in [-0.2, -0.15) is 0 Å². The number of pyridine rings is 1. The Kier molecular flexibility index (Phi) is 4.90. The molecule has 0 radical (unpaired) electrons. The Hall–Kier alpha value is -3.94. The van der Waals surface area contributed by atoms with Gasteiger partial charge in [-0.05, 0) is 36.8 Å². The number of nitrogens with zero attached hydrogens (tertiary/aromatic N) is 4. The predicted octanol–water partition coefficient (Wildman–Crippen LogP) is 3.18. The van der Waals surface area contributed by atoms with Gasteiger partial charge in [0.1, 0.15) is 24.9 Å². The average molecular weight is 441 g/mol. The van der Waals surface area contributed by atoms with Gasteiger partial charge in [0.2, 0.25) is 0 Å². The van der Waals surface area contributed by atoms with Crippen molar-refractivity contribution < 1.29 is 14.3 Å². The Morgan fingerprint density at radius 2 is 1.91 bits per heavy atom. The third-order valence-corrected chi connectivity index (χ3v) is 6.12. The summed E-state index contributed by atoms with van der Waals surface area (Å²) >= 11 is 0. The maximum absolute atomic E-state index is 13.2. The Morgan fingerprint density at radius 3 is 2.85 bits per heavy atom. The summed E-state index contributed by atoms with van der Waals surface area (Å²) in [6, 6.07) is 15.3. The highest BCUT2D eigenvalue weighted by Crippen LogP contribution is 2.35. The minimum Gasteiger partial charge on any atom is -0.486 e. The van der Waals surface area contributed by atoms with Gasteiger partial charge in [-0.1, -0.05) is 18.2 Å². The van der Waals surface area contributed by atoms with Crippen LogP contribution in [0.3, 0.4) is 0 Å². The first-order valence-electron chi connectivity index (χ1n) is 11.3. The van der Waals surface area contributed by atoms with Crippen LogP contribution < -0.4 is 14.8 Å². The fraction of sp³-hybridized carbons (Fsp3) is 0.280. The summed E-state index contributed by atoms with van der Waals surface area (Å²) in [7, 11) is 0.